The zero-order valence-electron chi connectivity index (χ0n) is 12.5. The van der Waals surface area contributed by atoms with Crippen LogP contribution in [-0.4, -0.2) is 40.7 Å². The second-order valence-corrected chi connectivity index (χ2v) is 6.14. The fourth-order valence-electron chi connectivity index (χ4n) is 2.37. The van der Waals surface area contributed by atoms with Crippen LogP contribution in [0.3, 0.4) is 0 Å². The smallest absolute Gasteiger partial charge is 0.248 e. The van der Waals surface area contributed by atoms with E-state index in [0.29, 0.717) is 13.0 Å². The number of fused-ring (bicyclic) bond motifs is 1. The van der Waals surface area contributed by atoms with Gasteiger partial charge in [0.1, 0.15) is 6.10 Å². The van der Waals surface area contributed by atoms with Gasteiger partial charge in [0, 0.05) is 23.6 Å². The Bertz CT molecular complexity index is 609. The van der Waals surface area contributed by atoms with E-state index in [1.165, 1.54) is 16.5 Å². The molecular weight excluding hydrogens is 284 g/mol. The molecule has 1 aromatic carbocycles. The molecule has 114 valence electrons. The fourth-order valence-corrected chi connectivity index (χ4v) is 2.83. The highest BCUT2D eigenvalue weighted by Gasteiger charge is 2.13. The van der Waals surface area contributed by atoms with Gasteiger partial charge in [-0.05, 0) is 42.9 Å². The zero-order chi connectivity index (χ0) is 15.2. The van der Waals surface area contributed by atoms with Crippen molar-refractivity contribution in [1.82, 2.24) is 10.3 Å². The van der Waals surface area contributed by atoms with Crippen molar-refractivity contribution in [2.75, 3.05) is 18.6 Å². The first-order valence-corrected chi connectivity index (χ1v) is 8.53. The Morgan fingerprint density at radius 2 is 2.29 bits per heavy atom. The highest BCUT2D eigenvalue weighted by atomic mass is 32.2. The number of aliphatic hydroxyl groups is 1. The summed E-state index contributed by atoms with van der Waals surface area (Å²) in [6.07, 6.45) is 4.31. The number of aryl methyl sites for hydroxylation is 1. The molecule has 0 saturated carbocycles. The molecule has 1 heterocycles. The summed E-state index contributed by atoms with van der Waals surface area (Å²) in [6.45, 7) is 2.61. The fraction of sp³-hybridized carbons (Fsp3) is 0.438. The summed E-state index contributed by atoms with van der Waals surface area (Å²) < 4.78 is 0. The van der Waals surface area contributed by atoms with Crippen LogP contribution in [0.2, 0.25) is 0 Å². The van der Waals surface area contributed by atoms with Crippen LogP contribution < -0.4 is 5.32 Å². The number of carbonyl (C=O) groups is 1. The van der Waals surface area contributed by atoms with Gasteiger partial charge in [-0.1, -0.05) is 18.2 Å². The van der Waals surface area contributed by atoms with E-state index in [1.807, 2.05) is 18.5 Å². The van der Waals surface area contributed by atoms with E-state index >= 15 is 0 Å². The van der Waals surface area contributed by atoms with Crippen LogP contribution in [0.25, 0.3) is 10.9 Å². The topological polar surface area (TPSA) is 65.1 Å². The zero-order valence-corrected chi connectivity index (χ0v) is 13.3. The van der Waals surface area contributed by atoms with Crippen molar-refractivity contribution < 1.29 is 9.90 Å². The van der Waals surface area contributed by atoms with Gasteiger partial charge in [0.05, 0.1) is 0 Å². The van der Waals surface area contributed by atoms with Crippen molar-refractivity contribution in [1.29, 1.82) is 0 Å². The summed E-state index contributed by atoms with van der Waals surface area (Å²) >= 11 is 1.63. The van der Waals surface area contributed by atoms with E-state index in [1.54, 1.807) is 11.8 Å². The summed E-state index contributed by atoms with van der Waals surface area (Å²) in [5.74, 6) is 0.510. The monoisotopic (exact) mass is 306 g/mol. The minimum absolute atomic E-state index is 0.278. The lowest BCUT2D eigenvalue weighted by atomic mass is 10.1. The predicted molar refractivity (Wildman–Crippen MR) is 88.8 cm³/mol. The van der Waals surface area contributed by atoms with Crippen molar-refractivity contribution in [3.8, 4) is 0 Å². The molecule has 1 unspecified atom stereocenters. The molecule has 0 aliphatic rings. The molecule has 0 saturated heterocycles. The molecule has 0 spiro atoms. The van der Waals surface area contributed by atoms with Crippen molar-refractivity contribution in [3.05, 3.63) is 35.5 Å². The third-order valence-corrected chi connectivity index (χ3v) is 4.25. The Balaban J connectivity index is 1.88. The highest BCUT2D eigenvalue weighted by Crippen LogP contribution is 2.21. The van der Waals surface area contributed by atoms with Gasteiger partial charge in [0.2, 0.25) is 5.91 Å². The third-order valence-electron chi connectivity index (χ3n) is 3.60. The maximum atomic E-state index is 11.7. The lowest BCUT2D eigenvalue weighted by Crippen LogP contribution is -2.36. The van der Waals surface area contributed by atoms with E-state index in [2.05, 4.69) is 29.4 Å². The Labute approximate surface area is 129 Å². The van der Waals surface area contributed by atoms with Crippen molar-refractivity contribution >= 4 is 28.6 Å². The first kappa shape index (κ1) is 15.9. The minimum Gasteiger partial charge on any atom is -0.383 e. The van der Waals surface area contributed by atoms with E-state index in [9.17, 15) is 9.90 Å². The van der Waals surface area contributed by atoms with Gasteiger partial charge in [0.25, 0.3) is 0 Å². The number of aromatic nitrogens is 1. The summed E-state index contributed by atoms with van der Waals surface area (Å²) in [5, 5.41) is 13.7. The van der Waals surface area contributed by atoms with Gasteiger partial charge in [0.15, 0.2) is 0 Å². The molecule has 5 heteroatoms. The molecule has 1 amide bonds. The van der Waals surface area contributed by atoms with Crippen molar-refractivity contribution in [2.24, 2.45) is 0 Å². The van der Waals surface area contributed by atoms with Crippen LogP contribution >= 0.6 is 11.8 Å². The number of aromatic amines is 1. The number of H-pyrrole nitrogens is 1. The number of hydrogen-bond donors (Lipinski definition) is 3. The van der Waals surface area contributed by atoms with Gasteiger partial charge >= 0.3 is 0 Å². The predicted octanol–water partition coefficient (Wildman–Crippen LogP) is 2.25. The normalized spacial score (nSPS) is 12.5. The quantitative estimate of drug-likeness (QED) is 0.735. The van der Waals surface area contributed by atoms with Gasteiger partial charge in [-0.2, -0.15) is 11.8 Å². The average Bonchev–Trinajstić information content (AvgIpc) is 2.89. The van der Waals surface area contributed by atoms with E-state index in [4.69, 9.17) is 0 Å². The summed E-state index contributed by atoms with van der Waals surface area (Å²) in [7, 11) is 0. The molecule has 0 fully saturated rings. The summed E-state index contributed by atoms with van der Waals surface area (Å²) in [4.78, 5) is 15.0. The largest absolute Gasteiger partial charge is 0.383 e. The molecule has 0 radical (unpaired) electrons. The molecule has 0 bridgehead atoms. The third kappa shape index (κ3) is 4.02. The van der Waals surface area contributed by atoms with Crippen molar-refractivity contribution in [2.45, 2.75) is 25.9 Å². The standard InChI is InChI=1S/C16H22N2O2S/c1-11-4-3-5-13-12(10-18-15(11)13)6-8-17-16(20)14(19)7-9-21-2/h3-5,10,14,18-19H,6-9H2,1-2H3,(H,17,20). The number of para-hydroxylation sites is 1. The van der Waals surface area contributed by atoms with Crippen LogP contribution in [0.4, 0.5) is 0 Å². The van der Waals surface area contributed by atoms with Crippen LogP contribution in [0.1, 0.15) is 17.5 Å². The molecule has 4 nitrogen and oxygen atoms in total. The van der Waals surface area contributed by atoms with E-state index in [0.717, 1.165) is 17.7 Å². The van der Waals surface area contributed by atoms with Gasteiger partial charge < -0.3 is 15.4 Å². The van der Waals surface area contributed by atoms with Crippen LogP contribution in [0.15, 0.2) is 24.4 Å². The number of aliphatic hydroxyl groups excluding tert-OH is 1. The molecule has 0 aliphatic heterocycles. The highest BCUT2D eigenvalue weighted by molar-refractivity contribution is 7.98. The molecule has 1 atom stereocenters. The maximum absolute atomic E-state index is 11.7. The lowest BCUT2D eigenvalue weighted by Gasteiger charge is -2.10. The molecule has 3 N–H and O–H groups in total. The Morgan fingerprint density at radius 1 is 1.48 bits per heavy atom. The second kappa shape index (κ2) is 7.52. The number of hydrogen-bond acceptors (Lipinski definition) is 3. The SMILES string of the molecule is CSCCC(O)C(=O)NCCc1c[nH]c2c(C)cccc12. The molecule has 0 aliphatic carbocycles. The van der Waals surface area contributed by atoms with Crippen LogP contribution in [0, 0.1) is 6.92 Å². The number of carbonyl (C=O) groups excluding carboxylic acids is 1. The first-order chi connectivity index (χ1) is 10.1. The van der Waals surface area contributed by atoms with Crippen LogP contribution in [-0.2, 0) is 11.2 Å². The molecular formula is C16H22N2O2S. The Morgan fingerprint density at radius 3 is 3.05 bits per heavy atom. The summed E-state index contributed by atoms with van der Waals surface area (Å²) in [6, 6.07) is 6.20. The molecule has 21 heavy (non-hydrogen) atoms. The number of rotatable bonds is 7. The lowest BCUT2D eigenvalue weighted by molar-refractivity contribution is -0.129. The molecule has 2 aromatic rings. The van der Waals surface area contributed by atoms with Crippen molar-refractivity contribution in [3.63, 3.8) is 0 Å². The number of amides is 1. The Kier molecular flexibility index (Phi) is 5.70. The number of benzene rings is 1. The number of thioether (sulfide) groups is 1. The van der Waals surface area contributed by atoms with E-state index in [-0.39, 0.29) is 5.91 Å². The first-order valence-electron chi connectivity index (χ1n) is 7.13. The average molecular weight is 306 g/mol. The maximum Gasteiger partial charge on any atom is 0.248 e. The van der Waals surface area contributed by atoms with Gasteiger partial charge in [-0.3, -0.25) is 4.79 Å². The molecule has 2 rings (SSSR count). The van der Waals surface area contributed by atoms with Crippen LogP contribution in [0.5, 0.6) is 0 Å². The minimum atomic E-state index is -0.900. The summed E-state index contributed by atoms with van der Waals surface area (Å²) in [5.41, 5.74) is 3.56. The van der Waals surface area contributed by atoms with E-state index < -0.39 is 6.10 Å². The second-order valence-electron chi connectivity index (χ2n) is 5.15. The van der Waals surface area contributed by atoms with Gasteiger partial charge in [-0.15, -0.1) is 0 Å². The molecule has 1 aromatic heterocycles. The van der Waals surface area contributed by atoms with Gasteiger partial charge in [-0.25, -0.2) is 0 Å². The number of nitrogens with one attached hydrogen (secondary N) is 2. The Hall–Kier alpha value is -1.46.